The normalized spacial score (nSPS) is 13.6. The molecule has 3 rings (SSSR count). The summed E-state index contributed by atoms with van der Waals surface area (Å²) < 4.78 is 15.1. The van der Waals surface area contributed by atoms with E-state index in [-0.39, 0.29) is 5.82 Å². The van der Waals surface area contributed by atoms with E-state index in [1.165, 1.54) is 12.1 Å². The molecule has 1 atom stereocenters. The van der Waals surface area contributed by atoms with Crippen LogP contribution in [0.15, 0.2) is 67.0 Å². The van der Waals surface area contributed by atoms with E-state index in [2.05, 4.69) is 10.4 Å². The van der Waals surface area contributed by atoms with Gasteiger partial charge >= 0.3 is 0 Å². The van der Waals surface area contributed by atoms with Crippen LogP contribution >= 0.6 is 0 Å². The van der Waals surface area contributed by atoms with Crippen LogP contribution in [0.5, 0.6) is 0 Å². The maximum Gasteiger partial charge on any atom is 0.123 e. The molecule has 0 bridgehead atoms. The van der Waals surface area contributed by atoms with Crippen molar-refractivity contribution in [2.75, 3.05) is 6.54 Å². The van der Waals surface area contributed by atoms with Crippen molar-refractivity contribution in [3.8, 4) is 5.69 Å². The summed E-state index contributed by atoms with van der Waals surface area (Å²) >= 11 is 0. The molecule has 124 valence electrons. The largest absolute Gasteiger partial charge is 0.384 e. The first-order valence-corrected chi connectivity index (χ1v) is 7.83. The number of rotatable bonds is 6. The smallest absolute Gasteiger partial charge is 0.123 e. The molecule has 0 saturated heterocycles. The predicted molar refractivity (Wildman–Crippen MR) is 91.2 cm³/mol. The maximum atomic E-state index is 13.3. The van der Waals surface area contributed by atoms with Gasteiger partial charge in [-0.05, 0) is 36.8 Å². The molecule has 0 aliphatic rings. The van der Waals surface area contributed by atoms with Crippen LogP contribution in [0.3, 0.4) is 0 Å². The molecule has 0 aliphatic heterocycles. The third-order valence-electron chi connectivity index (χ3n) is 3.90. The van der Waals surface area contributed by atoms with Crippen molar-refractivity contribution in [3.05, 3.63) is 83.9 Å². The van der Waals surface area contributed by atoms with Crippen LogP contribution in [0.4, 0.5) is 4.39 Å². The van der Waals surface area contributed by atoms with Crippen molar-refractivity contribution in [2.24, 2.45) is 0 Å². The van der Waals surface area contributed by atoms with Gasteiger partial charge in [-0.25, -0.2) is 9.07 Å². The van der Waals surface area contributed by atoms with E-state index in [1.54, 1.807) is 25.3 Å². The summed E-state index contributed by atoms with van der Waals surface area (Å²) in [5.74, 6) is -0.350. The molecule has 0 fully saturated rings. The molecule has 5 heteroatoms. The van der Waals surface area contributed by atoms with E-state index in [4.69, 9.17) is 0 Å². The number of halogens is 1. The topological polar surface area (TPSA) is 50.1 Å². The molecule has 0 saturated carbocycles. The number of nitrogens with zero attached hydrogens (tertiary/aromatic N) is 2. The second-order valence-corrected chi connectivity index (χ2v) is 6.02. The van der Waals surface area contributed by atoms with Crippen LogP contribution in [0.25, 0.3) is 5.69 Å². The lowest BCUT2D eigenvalue weighted by atomic mass is 9.96. The zero-order chi connectivity index (χ0) is 17.0. The Hall–Kier alpha value is -2.50. The van der Waals surface area contributed by atoms with Gasteiger partial charge in [0.15, 0.2) is 0 Å². The van der Waals surface area contributed by atoms with E-state index >= 15 is 0 Å². The SMILES string of the molecule is CC(O)(CNCc1cnn(-c2ccccc2)c1)c1cccc(F)c1. The van der Waals surface area contributed by atoms with Crippen LogP contribution in [-0.4, -0.2) is 21.4 Å². The van der Waals surface area contributed by atoms with E-state index < -0.39 is 5.60 Å². The van der Waals surface area contributed by atoms with Gasteiger partial charge in [-0.1, -0.05) is 30.3 Å². The summed E-state index contributed by atoms with van der Waals surface area (Å²) in [6.07, 6.45) is 3.73. The highest BCUT2D eigenvalue weighted by molar-refractivity contribution is 5.31. The first kappa shape index (κ1) is 16.4. The Morgan fingerprint density at radius 1 is 1.17 bits per heavy atom. The van der Waals surface area contributed by atoms with Crippen molar-refractivity contribution in [2.45, 2.75) is 19.1 Å². The number of para-hydroxylation sites is 1. The Morgan fingerprint density at radius 2 is 1.96 bits per heavy atom. The van der Waals surface area contributed by atoms with Crippen molar-refractivity contribution >= 4 is 0 Å². The molecular weight excluding hydrogens is 305 g/mol. The molecule has 4 nitrogen and oxygen atoms in total. The molecular formula is C19H20FN3O. The summed E-state index contributed by atoms with van der Waals surface area (Å²) in [7, 11) is 0. The lowest BCUT2D eigenvalue weighted by Crippen LogP contribution is -2.35. The van der Waals surface area contributed by atoms with Gasteiger partial charge in [0.25, 0.3) is 0 Å². The Labute approximate surface area is 140 Å². The molecule has 1 heterocycles. The van der Waals surface area contributed by atoms with Crippen LogP contribution in [0.1, 0.15) is 18.1 Å². The zero-order valence-corrected chi connectivity index (χ0v) is 13.5. The number of aromatic nitrogens is 2. The summed E-state index contributed by atoms with van der Waals surface area (Å²) in [5.41, 5.74) is 1.41. The summed E-state index contributed by atoms with van der Waals surface area (Å²) in [4.78, 5) is 0. The average molecular weight is 325 g/mol. The number of hydrogen-bond donors (Lipinski definition) is 2. The van der Waals surface area contributed by atoms with E-state index in [1.807, 2.05) is 41.2 Å². The maximum absolute atomic E-state index is 13.3. The quantitative estimate of drug-likeness (QED) is 0.732. The Kier molecular flexibility index (Phi) is 4.74. The Bertz CT molecular complexity index is 799. The van der Waals surface area contributed by atoms with Crippen molar-refractivity contribution < 1.29 is 9.50 Å². The van der Waals surface area contributed by atoms with Gasteiger partial charge in [0.05, 0.1) is 17.5 Å². The van der Waals surface area contributed by atoms with Crippen LogP contribution in [-0.2, 0) is 12.1 Å². The molecule has 0 spiro atoms. The van der Waals surface area contributed by atoms with Crippen molar-refractivity contribution in [1.29, 1.82) is 0 Å². The minimum Gasteiger partial charge on any atom is -0.384 e. The molecule has 24 heavy (non-hydrogen) atoms. The molecule has 0 radical (unpaired) electrons. The highest BCUT2D eigenvalue weighted by Gasteiger charge is 2.22. The Balaban J connectivity index is 1.59. The summed E-state index contributed by atoms with van der Waals surface area (Å²) in [6.45, 7) is 2.55. The second kappa shape index (κ2) is 6.95. The summed E-state index contributed by atoms with van der Waals surface area (Å²) in [5, 5.41) is 18.1. The fourth-order valence-corrected chi connectivity index (χ4v) is 2.55. The average Bonchev–Trinajstić information content (AvgIpc) is 3.04. The molecule has 2 N–H and O–H groups in total. The van der Waals surface area contributed by atoms with Crippen LogP contribution in [0, 0.1) is 5.82 Å². The minimum absolute atomic E-state index is 0.312. The molecule has 3 aromatic rings. The van der Waals surface area contributed by atoms with Gasteiger partial charge in [0.2, 0.25) is 0 Å². The molecule has 1 unspecified atom stereocenters. The van der Waals surface area contributed by atoms with Gasteiger partial charge in [-0.15, -0.1) is 0 Å². The number of aliphatic hydroxyl groups is 1. The van der Waals surface area contributed by atoms with Gasteiger partial charge in [0.1, 0.15) is 5.82 Å². The van der Waals surface area contributed by atoms with Gasteiger partial charge in [0, 0.05) is 24.8 Å². The molecule has 1 aromatic heterocycles. The van der Waals surface area contributed by atoms with E-state index in [0.717, 1.165) is 11.3 Å². The monoisotopic (exact) mass is 325 g/mol. The fraction of sp³-hybridized carbons (Fsp3) is 0.211. The predicted octanol–water partition coefficient (Wildman–Crippen LogP) is 3.01. The fourth-order valence-electron chi connectivity index (χ4n) is 2.55. The Morgan fingerprint density at radius 3 is 2.71 bits per heavy atom. The van der Waals surface area contributed by atoms with E-state index in [9.17, 15) is 9.50 Å². The second-order valence-electron chi connectivity index (χ2n) is 6.02. The van der Waals surface area contributed by atoms with Gasteiger partial charge in [-0.3, -0.25) is 0 Å². The highest BCUT2D eigenvalue weighted by atomic mass is 19.1. The third-order valence-corrected chi connectivity index (χ3v) is 3.90. The minimum atomic E-state index is -1.14. The molecule has 2 aromatic carbocycles. The van der Waals surface area contributed by atoms with E-state index in [0.29, 0.717) is 18.7 Å². The van der Waals surface area contributed by atoms with Gasteiger partial charge < -0.3 is 10.4 Å². The highest BCUT2D eigenvalue weighted by Crippen LogP contribution is 2.20. The third kappa shape index (κ3) is 3.88. The first-order chi connectivity index (χ1) is 11.5. The summed E-state index contributed by atoms with van der Waals surface area (Å²) in [6, 6.07) is 15.9. The molecule has 0 amide bonds. The first-order valence-electron chi connectivity index (χ1n) is 7.83. The number of nitrogens with one attached hydrogen (secondary N) is 1. The van der Waals surface area contributed by atoms with Crippen molar-refractivity contribution in [3.63, 3.8) is 0 Å². The van der Waals surface area contributed by atoms with Crippen LogP contribution < -0.4 is 5.32 Å². The number of benzene rings is 2. The lowest BCUT2D eigenvalue weighted by molar-refractivity contribution is 0.0563. The van der Waals surface area contributed by atoms with Crippen LogP contribution in [0.2, 0.25) is 0 Å². The van der Waals surface area contributed by atoms with Gasteiger partial charge in [-0.2, -0.15) is 5.10 Å². The van der Waals surface area contributed by atoms with Crippen molar-refractivity contribution in [1.82, 2.24) is 15.1 Å². The lowest BCUT2D eigenvalue weighted by Gasteiger charge is -2.24. The molecule has 0 aliphatic carbocycles. The standard InChI is InChI=1S/C19H20FN3O/c1-19(24,16-6-5-7-17(20)10-16)14-21-11-15-12-22-23(13-15)18-8-3-2-4-9-18/h2-10,12-13,21,24H,11,14H2,1H3. The number of hydrogen-bond acceptors (Lipinski definition) is 3. The zero-order valence-electron chi connectivity index (χ0n) is 13.5.